The molecule has 1 aliphatic rings. The van der Waals surface area contributed by atoms with E-state index in [0.29, 0.717) is 12.3 Å². The van der Waals surface area contributed by atoms with Crippen LogP contribution in [0.4, 0.5) is 5.69 Å². The normalized spacial score (nSPS) is 16.2. The molecule has 5 heteroatoms. The number of benzene rings is 2. The van der Waals surface area contributed by atoms with Crippen LogP contribution in [0.5, 0.6) is 0 Å². The second kappa shape index (κ2) is 7.41. The molecule has 0 atom stereocenters. The van der Waals surface area contributed by atoms with E-state index in [2.05, 4.69) is 31.0 Å². The molecule has 2 aromatic carbocycles. The summed E-state index contributed by atoms with van der Waals surface area (Å²) < 4.78 is 0. The second-order valence-electron chi connectivity index (χ2n) is 5.87. The van der Waals surface area contributed by atoms with Crippen molar-refractivity contribution in [1.29, 1.82) is 0 Å². The Morgan fingerprint density at radius 1 is 1.12 bits per heavy atom. The highest BCUT2D eigenvalue weighted by Gasteiger charge is 2.27. The molecule has 0 radical (unpaired) electrons. The standard InChI is InChI=1S/C19H19ClN2OS/c1-13-3-8-17(11-14(13)2)21-19-22(18(23)12-24-19)10-9-15-4-6-16(20)7-5-15/h3-8,11H,9-10,12H2,1-2H3. The first-order chi connectivity index (χ1) is 11.5. The van der Waals surface area contributed by atoms with Crippen molar-refractivity contribution in [1.82, 2.24) is 4.90 Å². The van der Waals surface area contributed by atoms with Gasteiger partial charge in [0.05, 0.1) is 11.4 Å². The van der Waals surface area contributed by atoms with Gasteiger partial charge in [-0.3, -0.25) is 9.69 Å². The number of rotatable bonds is 4. The summed E-state index contributed by atoms with van der Waals surface area (Å²) in [7, 11) is 0. The lowest BCUT2D eigenvalue weighted by Crippen LogP contribution is -2.31. The van der Waals surface area contributed by atoms with Gasteiger partial charge in [-0.05, 0) is 61.2 Å². The molecule has 1 aliphatic heterocycles. The molecule has 0 N–H and O–H groups in total. The molecule has 0 aliphatic carbocycles. The Morgan fingerprint density at radius 3 is 2.58 bits per heavy atom. The highest BCUT2D eigenvalue weighted by atomic mass is 35.5. The van der Waals surface area contributed by atoms with Crippen molar-refractivity contribution in [2.24, 2.45) is 4.99 Å². The average molecular weight is 359 g/mol. The highest BCUT2D eigenvalue weighted by Crippen LogP contribution is 2.25. The van der Waals surface area contributed by atoms with E-state index < -0.39 is 0 Å². The Balaban J connectivity index is 1.74. The molecule has 0 unspecified atom stereocenters. The predicted octanol–water partition coefficient (Wildman–Crippen LogP) is 4.76. The smallest absolute Gasteiger partial charge is 0.239 e. The molecule has 0 spiro atoms. The van der Waals surface area contributed by atoms with Crippen LogP contribution in [0.1, 0.15) is 16.7 Å². The van der Waals surface area contributed by atoms with Crippen LogP contribution in [-0.4, -0.2) is 28.3 Å². The van der Waals surface area contributed by atoms with Gasteiger partial charge in [0, 0.05) is 11.6 Å². The molecule has 1 fully saturated rings. The van der Waals surface area contributed by atoms with Gasteiger partial charge in [0.25, 0.3) is 0 Å². The van der Waals surface area contributed by atoms with Crippen molar-refractivity contribution in [2.45, 2.75) is 20.3 Å². The van der Waals surface area contributed by atoms with Gasteiger partial charge in [0.15, 0.2) is 5.17 Å². The second-order valence-corrected chi connectivity index (χ2v) is 7.25. The SMILES string of the molecule is Cc1ccc(N=C2SCC(=O)N2CCc2ccc(Cl)cc2)cc1C. The van der Waals surface area contributed by atoms with Crippen LogP contribution < -0.4 is 0 Å². The molecule has 24 heavy (non-hydrogen) atoms. The maximum absolute atomic E-state index is 12.2. The van der Waals surface area contributed by atoms with Crippen LogP contribution in [0.2, 0.25) is 5.02 Å². The van der Waals surface area contributed by atoms with E-state index in [0.717, 1.165) is 27.9 Å². The molecule has 3 nitrogen and oxygen atoms in total. The number of amides is 1. The molecule has 124 valence electrons. The van der Waals surface area contributed by atoms with E-state index >= 15 is 0 Å². The summed E-state index contributed by atoms with van der Waals surface area (Å²) in [5, 5.41) is 1.51. The summed E-state index contributed by atoms with van der Waals surface area (Å²) in [5.41, 5.74) is 4.51. The van der Waals surface area contributed by atoms with Crippen LogP contribution in [0.3, 0.4) is 0 Å². The highest BCUT2D eigenvalue weighted by molar-refractivity contribution is 8.15. The van der Waals surface area contributed by atoms with E-state index in [4.69, 9.17) is 11.6 Å². The van der Waals surface area contributed by atoms with Gasteiger partial charge in [-0.2, -0.15) is 0 Å². The maximum Gasteiger partial charge on any atom is 0.239 e. The number of hydrogen-bond acceptors (Lipinski definition) is 3. The van der Waals surface area contributed by atoms with Crippen molar-refractivity contribution in [2.75, 3.05) is 12.3 Å². The fraction of sp³-hybridized carbons (Fsp3) is 0.263. The Hall–Kier alpha value is -1.78. The Kier molecular flexibility index (Phi) is 5.27. The summed E-state index contributed by atoms with van der Waals surface area (Å²) >= 11 is 7.42. The van der Waals surface area contributed by atoms with Gasteiger partial charge < -0.3 is 0 Å². The zero-order valence-electron chi connectivity index (χ0n) is 13.8. The minimum absolute atomic E-state index is 0.122. The monoisotopic (exact) mass is 358 g/mol. The van der Waals surface area contributed by atoms with Crippen LogP contribution >= 0.6 is 23.4 Å². The van der Waals surface area contributed by atoms with Gasteiger partial charge in [0.2, 0.25) is 5.91 Å². The average Bonchev–Trinajstić information content (AvgIpc) is 2.90. The molecule has 0 bridgehead atoms. The van der Waals surface area contributed by atoms with Crippen molar-refractivity contribution in [3.05, 3.63) is 64.2 Å². The topological polar surface area (TPSA) is 32.7 Å². The Morgan fingerprint density at radius 2 is 1.88 bits per heavy atom. The van der Waals surface area contributed by atoms with E-state index in [1.54, 1.807) is 4.90 Å². The largest absolute Gasteiger partial charge is 0.290 e. The number of carbonyl (C=O) groups is 1. The number of hydrogen-bond donors (Lipinski definition) is 0. The minimum atomic E-state index is 0.122. The third-order valence-electron chi connectivity index (χ3n) is 4.11. The Labute approximate surface area is 151 Å². The van der Waals surface area contributed by atoms with E-state index in [1.807, 2.05) is 30.3 Å². The fourth-order valence-electron chi connectivity index (χ4n) is 2.50. The number of aryl methyl sites for hydroxylation is 2. The summed E-state index contributed by atoms with van der Waals surface area (Å²) in [6.07, 6.45) is 0.787. The zero-order chi connectivity index (χ0) is 17.1. The van der Waals surface area contributed by atoms with Crippen LogP contribution in [-0.2, 0) is 11.2 Å². The first-order valence-corrected chi connectivity index (χ1v) is 9.23. The quantitative estimate of drug-likeness (QED) is 0.789. The third-order valence-corrected chi connectivity index (χ3v) is 5.32. The molecule has 0 aromatic heterocycles. The molecular weight excluding hydrogens is 340 g/mol. The van der Waals surface area contributed by atoms with Gasteiger partial charge in [0.1, 0.15) is 0 Å². The molecule has 0 saturated carbocycles. The van der Waals surface area contributed by atoms with Crippen molar-refractivity contribution >= 4 is 40.1 Å². The molecule has 1 heterocycles. The van der Waals surface area contributed by atoms with Gasteiger partial charge in [-0.25, -0.2) is 4.99 Å². The molecule has 3 rings (SSSR count). The lowest BCUT2D eigenvalue weighted by molar-refractivity contribution is -0.124. The maximum atomic E-state index is 12.2. The molecular formula is C19H19ClN2OS. The lowest BCUT2D eigenvalue weighted by Gasteiger charge is -2.16. The first kappa shape index (κ1) is 17.1. The predicted molar refractivity (Wildman–Crippen MR) is 102 cm³/mol. The van der Waals surface area contributed by atoms with Gasteiger partial charge in [-0.1, -0.05) is 41.6 Å². The number of aliphatic imine (C=N–C) groups is 1. The molecule has 1 amide bonds. The van der Waals surface area contributed by atoms with Crippen LogP contribution in [0, 0.1) is 13.8 Å². The van der Waals surface area contributed by atoms with Gasteiger partial charge in [-0.15, -0.1) is 0 Å². The number of nitrogens with zero attached hydrogens (tertiary/aromatic N) is 2. The number of amidine groups is 1. The van der Waals surface area contributed by atoms with E-state index in [-0.39, 0.29) is 5.91 Å². The number of halogens is 1. The third kappa shape index (κ3) is 4.00. The van der Waals surface area contributed by atoms with Crippen LogP contribution in [0.15, 0.2) is 47.5 Å². The molecule has 2 aromatic rings. The summed E-state index contributed by atoms with van der Waals surface area (Å²) in [6, 6.07) is 13.9. The molecule has 1 saturated heterocycles. The van der Waals surface area contributed by atoms with Gasteiger partial charge >= 0.3 is 0 Å². The lowest BCUT2D eigenvalue weighted by atomic mass is 10.1. The number of carbonyl (C=O) groups excluding carboxylic acids is 1. The van der Waals surface area contributed by atoms with E-state index in [1.165, 1.54) is 22.9 Å². The van der Waals surface area contributed by atoms with Crippen molar-refractivity contribution < 1.29 is 4.79 Å². The zero-order valence-corrected chi connectivity index (χ0v) is 15.3. The van der Waals surface area contributed by atoms with Crippen molar-refractivity contribution in [3.8, 4) is 0 Å². The Bertz CT molecular complexity index is 786. The van der Waals surface area contributed by atoms with Crippen LogP contribution in [0.25, 0.3) is 0 Å². The summed E-state index contributed by atoms with van der Waals surface area (Å²) in [4.78, 5) is 18.6. The summed E-state index contributed by atoms with van der Waals surface area (Å²) in [6.45, 7) is 4.79. The fourth-order valence-corrected chi connectivity index (χ4v) is 3.55. The number of thioether (sulfide) groups is 1. The summed E-state index contributed by atoms with van der Waals surface area (Å²) in [5.74, 6) is 0.584. The van der Waals surface area contributed by atoms with Crippen molar-refractivity contribution in [3.63, 3.8) is 0 Å². The van der Waals surface area contributed by atoms with E-state index in [9.17, 15) is 4.79 Å². The first-order valence-electron chi connectivity index (χ1n) is 7.86. The minimum Gasteiger partial charge on any atom is -0.290 e.